The predicted molar refractivity (Wildman–Crippen MR) is 48.7 cm³/mol. The number of aliphatic hydroxyl groups excluding tert-OH is 1. The first-order valence-electron chi connectivity index (χ1n) is 4.03. The van der Waals surface area contributed by atoms with Crippen molar-refractivity contribution in [1.29, 1.82) is 0 Å². The second kappa shape index (κ2) is 6.80. The lowest BCUT2D eigenvalue weighted by atomic mass is 10.1. The zero-order chi connectivity index (χ0) is 8.69. The number of hydrogen-bond donors (Lipinski definition) is 1. The molecule has 1 atom stereocenters. The van der Waals surface area contributed by atoms with Gasteiger partial charge in [0, 0.05) is 6.42 Å². The van der Waals surface area contributed by atoms with Crippen LogP contribution in [0.1, 0.15) is 39.0 Å². The van der Waals surface area contributed by atoms with Gasteiger partial charge in [0.05, 0.1) is 6.10 Å². The summed E-state index contributed by atoms with van der Waals surface area (Å²) >= 11 is 2.86. The fraction of sp³-hybridized carbons (Fsp3) is 0.875. The summed E-state index contributed by atoms with van der Waals surface area (Å²) in [4.78, 5) is 10.4. The lowest BCUT2D eigenvalue weighted by Crippen LogP contribution is -2.03. The monoisotopic (exact) mass is 222 g/mol. The van der Waals surface area contributed by atoms with Crippen LogP contribution in [0.25, 0.3) is 0 Å². The first kappa shape index (κ1) is 11.1. The third-order valence-corrected chi connectivity index (χ3v) is 2.03. The Hall–Kier alpha value is 0.110. The number of hydrogen-bond acceptors (Lipinski definition) is 2. The first-order valence-corrected chi connectivity index (χ1v) is 4.82. The average Bonchev–Trinajstić information content (AvgIpc) is 1.97. The van der Waals surface area contributed by atoms with Crippen LogP contribution in [0.2, 0.25) is 0 Å². The van der Waals surface area contributed by atoms with Gasteiger partial charge in [0.2, 0.25) is 0 Å². The Morgan fingerprint density at radius 3 is 2.64 bits per heavy atom. The summed E-state index contributed by atoms with van der Waals surface area (Å²) in [7, 11) is 0. The Labute approximate surface area is 76.1 Å². The SMILES string of the molecule is CCC(O)CCCCC(=O)Br. The second-order valence-corrected chi connectivity index (χ2v) is 3.55. The molecule has 0 heterocycles. The molecule has 0 aliphatic heterocycles. The van der Waals surface area contributed by atoms with Gasteiger partial charge in [-0.15, -0.1) is 0 Å². The quantitative estimate of drug-likeness (QED) is 0.553. The third kappa shape index (κ3) is 8.01. The Morgan fingerprint density at radius 1 is 1.55 bits per heavy atom. The lowest BCUT2D eigenvalue weighted by molar-refractivity contribution is -0.110. The van der Waals surface area contributed by atoms with Crippen LogP contribution in [-0.4, -0.2) is 15.9 Å². The van der Waals surface area contributed by atoms with Crippen molar-refractivity contribution in [3.05, 3.63) is 0 Å². The summed E-state index contributed by atoms with van der Waals surface area (Å²) < 4.78 is 0.0588. The number of aliphatic hydroxyl groups is 1. The van der Waals surface area contributed by atoms with Gasteiger partial charge in [-0.2, -0.15) is 0 Å². The zero-order valence-corrected chi connectivity index (χ0v) is 8.43. The van der Waals surface area contributed by atoms with Gasteiger partial charge in [-0.25, -0.2) is 0 Å². The van der Waals surface area contributed by atoms with E-state index in [-0.39, 0.29) is 10.8 Å². The van der Waals surface area contributed by atoms with Crippen LogP contribution in [0, 0.1) is 0 Å². The molecule has 1 unspecified atom stereocenters. The van der Waals surface area contributed by atoms with E-state index in [9.17, 15) is 4.79 Å². The van der Waals surface area contributed by atoms with E-state index in [4.69, 9.17) is 5.11 Å². The molecule has 66 valence electrons. The van der Waals surface area contributed by atoms with Crippen molar-refractivity contribution >= 4 is 20.6 Å². The predicted octanol–water partition coefficient (Wildman–Crippen LogP) is 2.24. The molecule has 0 aliphatic carbocycles. The highest BCUT2D eigenvalue weighted by atomic mass is 79.9. The number of carbonyl (C=O) groups excluding carboxylic acids is 1. The Morgan fingerprint density at radius 2 is 2.18 bits per heavy atom. The van der Waals surface area contributed by atoms with Crippen molar-refractivity contribution in [2.45, 2.75) is 45.1 Å². The van der Waals surface area contributed by atoms with Crippen molar-refractivity contribution in [2.75, 3.05) is 0 Å². The minimum atomic E-state index is -0.180. The van der Waals surface area contributed by atoms with E-state index in [1.807, 2.05) is 6.92 Å². The highest BCUT2D eigenvalue weighted by Gasteiger charge is 2.00. The van der Waals surface area contributed by atoms with Gasteiger partial charge in [-0.1, -0.05) is 13.3 Å². The summed E-state index contributed by atoms with van der Waals surface area (Å²) in [6, 6.07) is 0. The molecular weight excluding hydrogens is 208 g/mol. The minimum absolute atomic E-state index is 0.0588. The largest absolute Gasteiger partial charge is 0.393 e. The molecule has 0 radical (unpaired) electrons. The Bertz CT molecular complexity index is 115. The van der Waals surface area contributed by atoms with Gasteiger partial charge in [-0.3, -0.25) is 4.79 Å². The molecule has 0 aromatic carbocycles. The fourth-order valence-corrected chi connectivity index (χ4v) is 1.13. The summed E-state index contributed by atoms with van der Waals surface area (Å²) in [6.45, 7) is 1.96. The molecule has 3 heteroatoms. The summed E-state index contributed by atoms with van der Waals surface area (Å²) in [6.07, 6.45) is 3.84. The van der Waals surface area contributed by atoms with Gasteiger partial charge in [0.25, 0.3) is 0 Å². The van der Waals surface area contributed by atoms with Crippen LogP contribution in [0.3, 0.4) is 0 Å². The summed E-state index contributed by atoms with van der Waals surface area (Å²) in [5.41, 5.74) is 0. The molecule has 0 spiro atoms. The maximum atomic E-state index is 10.4. The zero-order valence-electron chi connectivity index (χ0n) is 6.85. The van der Waals surface area contributed by atoms with Gasteiger partial charge in [-0.05, 0) is 35.2 Å². The number of unbranched alkanes of at least 4 members (excludes halogenated alkanes) is 1. The van der Waals surface area contributed by atoms with Crippen molar-refractivity contribution in [1.82, 2.24) is 0 Å². The normalized spacial score (nSPS) is 13.0. The van der Waals surface area contributed by atoms with Crippen molar-refractivity contribution < 1.29 is 9.90 Å². The van der Waals surface area contributed by atoms with E-state index in [1.54, 1.807) is 0 Å². The molecule has 0 aromatic heterocycles. The molecule has 0 aromatic rings. The van der Waals surface area contributed by atoms with Crippen molar-refractivity contribution in [3.8, 4) is 0 Å². The second-order valence-electron chi connectivity index (χ2n) is 2.66. The van der Waals surface area contributed by atoms with E-state index in [0.717, 1.165) is 25.7 Å². The van der Waals surface area contributed by atoms with E-state index in [0.29, 0.717) is 6.42 Å². The van der Waals surface area contributed by atoms with Gasteiger partial charge in [0.15, 0.2) is 4.69 Å². The Balaban J connectivity index is 3.08. The molecule has 0 aliphatic rings. The number of rotatable bonds is 6. The van der Waals surface area contributed by atoms with Crippen LogP contribution >= 0.6 is 15.9 Å². The summed E-state index contributed by atoms with van der Waals surface area (Å²) in [5, 5.41) is 9.13. The minimum Gasteiger partial charge on any atom is -0.393 e. The highest BCUT2D eigenvalue weighted by Crippen LogP contribution is 2.07. The van der Waals surface area contributed by atoms with E-state index >= 15 is 0 Å². The smallest absolute Gasteiger partial charge is 0.197 e. The molecule has 0 fully saturated rings. The van der Waals surface area contributed by atoms with Gasteiger partial charge in [0.1, 0.15) is 0 Å². The third-order valence-electron chi connectivity index (χ3n) is 1.63. The lowest BCUT2D eigenvalue weighted by Gasteiger charge is -2.05. The molecule has 0 saturated carbocycles. The van der Waals surface area contributed by atoms with E-state index < -0.39 is 0 Å². The van der Waals surface area contributed by atoms with Crippen LogP contribution in [0.5, 0.6) is 0 Å². The Kier molecular flexibility index (Phi) is 6.87. The molecule has 0 amide bonds. The van der Waals surface area contributed by atoms with Gasteiger partial charge < -0.3 is 5.11 Å². The standard InChI is InChI=1S/C8H15BrO2/c1-2-7(10)5-3-4-6-8(9)11/h7,10H,2-6H2,1H3. The number of carbonyl (C=O) groups is 1. The van der Waals surface area contributed by atoms with Crippen LogP contribution in [0.15, 0.2) is 0 Å². The molecule has 1 N–H and O–H groups in total. The topological polar surface area (TPSA) is 37.3 Å². The van der Waals surface area contributed by atoms with Gasteiger partial charge >= 0.3 is 0 Å². The summed E-state index contributed by atoms with van der Waals surface area (Å²) in [5.74, 6) is 0. The van der Waals surface area contributed by atoms with Crippen LogP contribution < -0.4 is 0 Å². The molecule has 0 bridgehead atoms. The molecule has 0 rings (SSSR count). The van der Waals surface area contributed by atoms with Crippen molar-refractivity contribution in [2.24, 2.45) is 0 Å². The fourth-order valence-electron chi connectivity index (χ4n) is 0.848. The maximum absolute atomic E-state index is 10.4. The van der Waals surface area contributed by atoms with Crippen molar-refractivity contribution in [3.63, 3.8) is 0 Å². The molecule has 0 saturated heterocycles. The first-order chi connectivity index (χ1) is 5.16. The van der Waals surface area contributed by atoms with E-state index in [1.165, 1.54) is 0 Å². The highest BCUT2D eigenvalue weighted by molar-refractivity contribution is 9.18. The molecule has 11 heavy (non-hydrogen) atoms. The maximum Gasteiger partial charge on any atom is 0.197 e. The van der Waals surface area contributed by atoms with Crippen LogP contribution in [-0.2, 0) is 4.79 Å². The van der Waals surface area contributed by atoms with Crippen LogP contribution in [0.4, 0.5) is 0 Å². The van der Waals surface area contributed by atoms with E-state index in [2.05, 4.69) is 15.9 Å². The average molecular weight is 223 g/mol. The molecular formula is C8H15BrO2. The number of halogens is 1. The molecule has 2 nitrogen and oxygen atoms in total.